The van der Waals surface area contributed by atoms with Crippen LogP contribution in [0.15, 0.2) is 30.5 Å². The first kappa shape index (κ1) is 21.1. The van der Waals surface area contributed by atoms with E-state index < -0.39 is 40.2 Å². The van der Waals surface area contributed by atoms with Gasteiger partial charge >= 0.3 is 12.1 Å². The molecule has 8 nitrogen and oxygen atoms in total. The fourth-order valence-corrected chi connectivity index (χ4v) is 2.21. The summed E-state index contributed by atoms with van der Waals surface area (Å²) < 4.78 is 42.4. The van der Waals surface area contributed by atoms with Crippen LogP contribution in [0.1, 0.15) is 21.5 Å². The van der Waals surface area contributed by atoms with Gasteiger partial charge < -0.3 is 10.1 Å². The van der Waals surface area contributed by atoms with Crippen molar-refractivity contribution in [3.63, 3.8) is 0 Å². The molecule has 0 aliphatic carbocycles. The van der Waals surface area contributed by atoms with Crippen LogP contribution >= 0.6 is 11.6 Å². The topological polar surface area (TPSA) is 111 Å². The summed E-state index contributed by atoms with van der Waals surface area (Å²) in [4.78, 5) is 37.3. The highest BCUT2D eigenvalue weighted by atomic mass is 35.5. The quantitative estimate of drug-likeness (QED) is 0.450. The van der Waals surface area contributed by atoms with E-state index in [1.807, 2.05) is 0 Å². The second-order valence-electron chi connectivity index (χ2n) is 5.43. The number of benzene rings is 1. The van der Waals surface area contributed by atoms with Crippen molar-refractivity contribution in [1.82, 2.24) is 4.98 Å². The van der Waals surface area contributed by atoms with Crippen LogP contribution in [0, 0.1) is 17.0 Å². The normalized spacial score (nSPS) is 11.0. The van der Waals surface area contributed by atoms with Gasteiger partial charge in [-0.05, 0) is 19.1 Å². The van der Waals surface area contributed by atoms with Gasteiger partial charge in [-0.15, -0.1) is 0 Å². The lowest BCUT2D eigenvalue weighted by atomic mass is 10.1. The SMILES string of the molecule is Cc1ccc(C(=O)OCC(=O)Nc2ncc(C(F)(F)F)cc2Cl)cc1[N+](=O)[O-]. The number of hydrogen-bond donors (Lipinski definition) is 1. The van der Waals surface area contributed by atoms with Crippen molar-refractivity contribution in [3.8, 4) is 0 Å². The lowest BCUT2D eigenvalue weighted by Crippen LogP contribution is -2.22. The predicted molar refractivity (Wildman–Crippen MR) is 91.0 cm³/mol. The van der Waals surface area contributed by atoms with Crippen molar-refractivity contribution >= 4 is 35.0 Å². The molecule has 1 N–H and O–H groups in total. The van der Waals surface area contributed by atoms with Gasteiger partial charge in [0.15, 0.2) is 12.4 Å². The summed E-state index contributed by atoms with van der Waals surface area (Å²) in [6.45, 7) is 0.682. The molecule has 0 atom stereocenters. The molecule has 1 aromatic heterocycles. The van der Waals surface area contributed by atoms with E-state index in [0.717, 1.165) is 6.07 Å². The summed E-state index contributed by atoms with van der Waals surface area (Å²) in [6, 6.07) is 4.23. The third-order valence-corrected chi connectivity index (χ3v) is 3.69. The molecule has 0 unspecified atom stereocenters. The fraction of sp³-hybridized carbons (Fsp3) is 0.188. The Labute approximate surface area is 160 Å². The molecule has 0 saturated heterocycles. The number of nitro groups is 1. The monoisotopic (exact) mass is 417 g/mol. The lowest BCUT2D eigenvalue weighted by molar-refractivity contribution is -0.385. The number of aryl methyl sites for hydroxylation is 1. The van der Waals surface area contributed by atoms with E-state index in [1.54, 1.807) is 0 Å². The standard InChI is InChI=1S/C16H11ClF3N3O5/c1-8-2-3-9(4-12(8)23(26)27)15(25)28-7-13(24)22-14-11(17)5-10(6-21-14)16(18,19)20/h2-6H,7H2,1H3,(H,21,22,24). The Morgan fingerprint density at radius 2 is 2.00 bits per heavy atom. The molecule has 0 aliphatic rings. The second kappa shape index (κ2) is 8.21. The molecule has 148 valence electrons. The predicted octanol–water partition coefficient (Wildman–Crippen LogP) is 3.77. The van der Waals surface area contributed by atoms with Gasteiger partial charge in [-0.3, -0.25) is 14.9 Å². The number of amides is 1. The van der Waals surface area contributed by atoms with Crippen LogP contribution in [-0.2, 0) is 15.7 Å². The molecular formula is C16H11ClF3N3O5. The van der Waals surface area contributed by atoms with Crippen LogP contribution in [0.4, 0.5) is 24.7 Å². The smallest absolute Gasteiger partial charge is 0.417 e. The summed E-state index contributed by atoms with van der Waals surface area (Å²) in [5, 5.41) is 12.5. The van der Waals surface area contributed by atoms with Crippen molar-refractivity contribution in [2.45, 2.75) is 13.1 Å². The Balaban J connectivity index is 2.00. The number of anilines is 1. The molecular weight excluding hydrogens is 407 g/mol. The molecule has 12 heteroatoms. The zero-order chi connectivity index (χ0) is 21.1. The molecule has 1 aromatic carbocycles. The van der Waals surface area contributed by atoms with Gasteiger partial charge in [-0.25, -0.2) is 9.78 Å². The van der Waals surface area contributed by atoms with E-state index >= 15 is 0 Å². The first-order chi connectivity index (χ1) is 13.0. The third kappa shape index (κ3) is 5.16. The van der Waals surface area contributed by atoms with Crippen molar-refractivity contribution < 1.29 is 32.4 Å². The van der Waals surface area contributed by atoms with Gasteiger partial charge in [0.05, 0.1) is 21.1 Å². The van der Waals surface area contributed by atoms with Crippen LogP contribution in [0.3, 0.4) is 0 Å². The number of nitro benzene ring substituents is 1. The number of halogens is 4. The molecule has 0 saturated carbocycles. The van der Waals surface area contributed by atoms with Crippen LogP contribution in [-0.4, -0.2) is 28.4 Å². The highest BCUT2D eigenvalue weighted by Gasteiger charge is 2.31. The van der Waals surface area contributed by atoms with Crippen molar-refractivity contribution in [1.29, 1.82) is 0 Å². The molecule has 0 spiro atoms. The summed E-state index contributed by atoms with van der Waals surface area (Å²) in [7, 11) is 0. The van der Waals surface area contributed by atoms with Crippen molar-refractivity contribution in [2.75, 3.05) is 11.9 Å². The molecule has 2 rings (SSSR count). The van der Waals surface area contributed by atoms with Crippen LogP contribution in [0.2, 0.25) is 5.02 Å². The Kier molecular flexibility index (Phi) is 6.19. The highest BCUT2D eigenvalue weighted by Crippen LogP contribution is 2.32. The number of aromatic nitrogens is 1. The van der Waals surface area contributed by atoms with Crippen LogP contribution < -0.4 is 5.32 Å². The fourth-order valence-electron chi connectivity index (χ4n) is 2.00. The minimum Gasteiger partial charge on any atom is -0.452 e. The minimum absolute atomic E-state index is 0.143. The maximum Gasteiger partial charge on any atom is 0.417 e. The van der Waals surface area contributed by atoms with Gasteiger partial charge in [-0.1, -0.05) is 17.7 Å². The second-order valence-corrected chi connectivity index (χ2v) is 5.84. The summed E-state index contributed by atoms with van der Waals surface area (Å²) >= 11 is 5.65. The molecule has 0 radical (unpaired) electrons. The summed E-state index contributed by atoms with van der Waals surface area (Å²) in [5.74, 6) is -2.25. The van der Waals surface area contributed by atoms with E-state index in [1.165, 1.54) is 19.1 Å². The molecule has 2 aromatic rings. The largest absolute Gasteiger partial charge is 0.452 e. The average Bonchev–Trinajstić information content (AvgIpc) is 2.60. The molecule has 0 fully saturated rings. The number of alkyl halides is 3. The van der Waals surface area contributed by atoms with Crippen molar-refractivity contribution in [3.05, 3.63) is 62.3 Å². The average molecular weight is 418 g/mol. The highest BCUT2D eigenvalue weighted by molar-refractivity contribution is 6.33. The number of carbonyl (C=O) groups excluding carboxylic acids is 2. The number of hydrogen-bond acceptors (Lipinski definition) is 6. The zero-order valence-corrected chi connectivity index (χ0v) is 14.8. The van der Waals surface area contributed by atoms with Gasteiger partial charge in [-0.2, -0.15) is 13.2 Å². The number of nitrogens with one attached hydrogen (secondary N) is 1. The maximum absolute atomic E-state index is 12.6. The van der Waals surface area contributed by atoms with E-state index in [4.69, 9.17) is 16.3 Å². The van der Waals surface area contributed by atoms with Crippen LogP contribution in [0.25, 0.3) is 0 Å². The van der Waals surface area contributed by atoms with Gasteiger partial charge in [0.25, 0.3) is 11.6 Å². The Morgan fingerprint density at radius 1 is 1.32 bits per heavy atom. The molecule has 1 heterocycles. The van der Waals surface area contributed by atoms with Crippen LogP contribution in [0.5, 0.6) is 0 Å². The van der Waals surface area contributed by atoms with E-state index in [0.29, 0.717) is 17.8 Å². The zero-order valence-electron chi connectivity index (χ0n) is 14.0. The van der Waals surface area contributed by atoms with Gasteiger partial charge in [0.1, 0.15) is 0 Å². The molecule has 1 amide bonds. The number of carbonyl (C=O) groups is 2. The molecule has 28 heavy (non-hydrogen) atoms. The third-order valence-electron chi connectivity index (χ3n) is 3.40. The first-order valence-electron chi connectivity index (χ1n) is 7.44. The van der Waals surface area contributed by atoms with E-state index in [-0.39, 0.29) is 17.1 Å². The van der Waals surface area contributed by atoms with E-state index in [2.05, 4.69) is 10.3 Å². The minimum atomic E-state index is -4.65. The van der Waals surface area contributed by atoms with Gasteiger partial charge in [0.2, 0.25) is 0 Å². The number of pyridine rings is 1. The number of rotatable bonds is 5. The molecule has 0 aliphatic heterocycles. The maximum atomic E-state index is 12.6. The Hall–Kier alpha value is -3.21. The number of esters is 1. The molecule has 0 bridgehead atoms. The van der Waals surface area contributed by atoms with E-state index in [9.17, 15) is 32.9 Å². The lowest BCUT2D eigenvalue weighted by Gasteiger charge is -2.10. The summed E-state index contributed by atoms with van der Waals surface area (Å²) in [6.07, 6.45) is -4.16. The summed E-state index contributed by atoms with van der Waals surface area (Å²) in [5.41, 5.74) is -1.19. The first-order valence-corrected chi connectivity index (χ1v) is 7.81. The Morgan fingerprint density at radius 3 is 2.57 bits per heavy atom. The van der Waals surface area contributed by atoms with Gasteiger partial charge in [0, 0.05) is 17.8 Å². The van der Waals surface area contributed by atoms with Crippen molar-refractivity contribution in [2.24, 2.45) is 0 Å². The Bertz CT molecular complexity index is 950. The number of ether oxygens (including phenoxy) is 1. The number of nitrogens with zero attached hydrogens (tertiary/aromatic N) is 2.